The fourth-order valence-corrected chi connectivity index (χ4v) is 3.99. The first-order chi connectivity index (χ1) is 14.5. The van der Waals surface area contributed by atoms with E-state index in [9.17, 15) is 9.59 Å². The second-order valence-electron chi connectivity index (χ2n) is 6.71. The van der Waals surface area contributed by atoms with Crippen LogP contribution in [0.5, 0.6) is 0 Å². The van der Waals surface area contributed by atoms with Gasteiger partial charge < -0.3 is 15.4 Å². The van der Waals surface area contributed by atoms with E-state index in [2.05, 4.69) is 25.6 Å². The Hall–Kier alpha value is -3.53. The molecule has 1 saturated heterocycles. The highest BCUT2D eigenvalue weighted by molar-refractivity contribution is 7.15. The molecule has 30 heavy (non-hydrogen) atoms. The zero-order chi connectivity index (χ0) is 21.1. The molecule has 9 nitrogen and oxygen atoms in total. The average Bonchev–Trinajstić information content (AvgIpc) is 3.36. The Kier molecular flexibility index (Phi) is 5.57. The van der Waals surface area contributed by atoms with Gasteiger partial charge in [0.2, 0.25) is 5.91 Å². The van der Waals surface area contributed by atoms with Crippen molar-refractivity contribution in [2.45, 2.75) is 13.0 Å². The summed E-state index contributed by atoms with van der Waals surface area (Å²) in [6.45, 7) is 2.09. The van der Waals surface area contributed by atoms with Crippen molar-refractivity contribution in [2.75, 3.05) is 25.5 Å². The number of anilines is 2. The Morgan fingerprint density at radius 2 is 2.17 bits per heavy atom. The number of hydrogen-bond donors (Lipinski definition) is 2. The second-order valence-corrected chi connectivity index (χ2v) is 7.77. The number of amides is 2. The molecule has 2 amide bonds. The van der Waals surface area contributed by atoms with E-state index in [0.717, 1.165) is 22.0 Å². The molecule has 3 aromatic heterocycles. The van der Waals surface area contributed by atoms with Crippen LogP contribution < -0.4 is 10.6 Å². The first kappa shape index (κ1) is 19.8. The molecule has 4 heterocycles. The van der Waals surface area contributed by atoms with Gasteiger partial charge in [-0.1, -0.05) is 6.07 Å². The Morgan fingerprint density at radius 1 is 1.30 bits per heavy atom. The summed E-state index contributed by atoms with van der Waals surface area (Å²) in [7, 11) is 1.53. The van der Waals surface area contributed by atoms with Crippen molar-refractivity contribution in [3.8, 4) is 10.6 Å². The number of carbonyl (C=O) groups excluding carboxylic acids is 2. The normalized spacial score (nSPS) is 15.7. The molecule has 0 radical (unpaired) electrons. The van der Waals surface area contributed by atoms with E-state index in [0.29, 0.717) is 10.8 Å². The van der Waals surface area contributed by atoms with Crippen LogP contribution in [0.25, 0.3) is 10.6 Å². The second kappa shape index (κ2) is 8.46. The van der Waals surface area contributed by atoms with Crippen molar-refractivity contribution < 1.29 is 14.3 Å². The molecule has 10 heteroatoms. The number of thiazole rings is 1. The molecule has 0 aliphatic carbocycles. The van der Waals surface area contributed by atoms with Crippen molar-refractivity contribution in [1.82, 2.24) is 25.2 Å². The summed E-state index contributed by atoms with van der Waals surface area (Å²) < 4.78 is 5.13. The van der Waals surface area contributed by atoms with Crippen LogP contribution in [-0.4, -0.2) is 52.1 Å². The minimum Gasteiger partial charge on any atom is -0.447 e. The SMILES string of the molecule is CNC(=O)CN1C(=O)OC[C@H]1c1ncc(-c2cccc(Nc3cc(C)ccn3)n2)s1. The third-order valence-electron chi connectivity index (χ3n) is 4.55. The van der Waals surface area contributed by atoms with Gasteiger partial charge in [0.1, 0.15) is 35.8 Å². The smallest absolute Gasteiger partial charge is 0.411 e. The summed E-state index contributed by atoms with van der Waals surface area (Å²) in [6, 6.07) is 9.14. The van der Waals surface area contributed by atoms with Crippen LogP contribution in [0.3, 0.4) is 0 Å². The number of cyclic esters (lactones) is 1. The summed E-state index contributed by atoms with van der Waals surface area (Å²) in [6.07, 6.45) is 2.94. The van der Waals surface area contributed by atoms with E-state index >= 15 is 0 Å². The first-order valence-corrected chi connectivity index (χ1v) is 10.1. The zero-order valence-corrected chi connectivity index (χ0v) is 17.3. The van der Waals surface area contributed by atoms with Crippen molar-refractivity contribution in [1.29, 1.82) is 0 Å². The number of likely N-dealkylation sites (N-methyl/N-ethyl adjacent to an activating group) is 1. The van der Waals surface area contributed by atoms with Crippen LogP contribution in [-0.2, 0) is 9.53 Å². The zero-order valence-electron chi connectivity index (χ0n) is 16.5. The van der Waals surface area contributed by atoms with Gasteiger partial charge in [0.15, 0.2) is 0 Å². The lowest BCUT2D eigenvalue weighted by Gasteiger charge is -2.18. The molecule has 0 saturated carbocycles. The van der Waals surface area contributed by atoms with Gasteiger partial charge in [0.25, 0.3) is 0 Å². The topological polar surface area (TPSA) is 109 Å². The highest BCUT2D eigenvalue weighted by Crippen LogP contribution is 2.34. The summed E-state index contributed by atoms with van der Waals surface area (Å²) in [5.41, 5.74) is 1.85. The van der Waals surface area contributed by atoms with Crippen LogP contribution in [0, 0.1) is 6.92 Å². The van der Waals surface area contributed by atoms with Crippen molar-refractivity contribution in [3.63, 3.8) is 0 Å². The number of carbonyl (C=O) groups is 2. The van der Waals surface area contributed by atoms with Gasteiger partial charge in [-0.25, -0.2) is 19.7 Å². The number of rotatable bonds is 6. The van der Waals surface area contributed by atoms with Gasteiger partial charge in [-0.05, 0) is 36.8 Å². The molecule has 154 valence electrons. The molecule has 2 N–H and O–H groups in total. The molecule has 1 aliphatic heterocycles. The fraction of sp³-hybridized carbons (Fsp3) is 0.250. The van der Waals surface area contributed by atoms with Gasteiger partial charge in [-0.15, -0.1) is 11.3 Å². The number of pyridine rings is 2. The van der Waals surface area contributed by atoms with Gasteiger partial charge >= 0.3 is 6.09 Å². The molecule has 0 aromatic carbocycles. The molecule has 1 fully saturated rings. The Bertz CT molecular complexity index is 1090. The van der Waals surface area contributed by atoms with E-state index < -0.39 is 12.1 Å². The maximum atomic E-state index is 12.0. The number of nitrogens with zero attached hydrogens (tertiary/aromatic N) is 4. The van der Waals surface area contributed by atoms with Crippen LogP contribution in [0.2, 0.25) is 0 Å². The van der Waals surface area contributed by atoms with Crippen molar-refractivity contribution in [2.24, 2.45) is 0 Å². The number of aryl methyl sites for hydroxylation is 1. The maximum absolute atomic E-state index is 12.0. The first-order valence-electron chi connectivity index (χ1n) is 9.30. The predicted molar refractivity (Wildman–Crippen MR) is 112 cm³/mol. The number of hydrogen-bond acceptors (Lipinski definition) is 8. The predicted octanol–water partition coefficient (Wildman–Crippen LogP) is 2.89. The van der Waals surface area contributed by atoms with E-state index in [1.54, 1.807) is 12.4 Å². The summed E-state index contributed by atoms with van der Waals surface area (Å²) in [4.78, 5) is 39.4. The number of aromatic nitrogens is 3. The van der Waals surface area contributed by atoms with Crippen molar-refractivity contribution >= 4 is 35.0 Å². The third kappa shape index (κ3) is 4.23. The summed E-state index contributed by atoms with van der Waals surface area (Å²) >= 11 is 1.42. The Labute approximate surface area is 177 Å². The quantitative estimate of drug-likeness (QED) is 0.626. The van der Waals surface area contributed by atoms with E-state index in [1.807, 2.05) is 37.3 Å². The van der Waals surface area contributed by atoms with Gasteiger partial charge in [0, 0.05) is 19.4 Å². The third-order valence-corrected chi connectivity index (χ3v) is 5.67. The number of nitrogens with one attached hydrogen (secondary N) is 2. The summed E-state index contributed by atoms with van der Waals surface area (Å²) in [5, 5.41) is 6.41. The monoisotopic (exact) mass is 424 g/mol. The van der Waals surface area contributed by atoms with Crippen LogP contribution in [0.15, 0.2) is 42.7 Å². The molecule has 0 bridgehead atoms. The van der Waals surface area contributed by atoms with E-state index in [-0.39, 0.29) is 19.1 Å². The molecule has 3 aromatic rings. The maximum Gasteiger partial charge on any atom is 0.411 e. The molecule has 0 spiro atoms. The molecule has 1 aliphatic rings. The lowest BCUT2D eigenvalue weighted by Crippen LogP contribution is -2.37. The highest BCUT2D eigenvalue weighted by Gasteiger charge is 2.37. The number of ether oxygens (including phenoxy) is 1. The van der Waals surface area contributed by atoms with Crippen molar-refractivity contribution in [3.05, 3.63) is 53.3 Å². The fourth-order valence-electron chi connectivity index (χ4n) is 3.00. The van der Waals surface area contributed by atoms with Gasteiger partial charge in [-0.3, -0.25) is 9.69 Å². The van der Waals surface area contributed by atoms with Gasteiger partial charge in [0.05, 0.1) is 10.6 Å². The molecular formula is C20H20N6O3S. The van der Waals surface area contributed by atoms with Crippen LogP contribution >= 0.6 is 11.3 Å². The molecular weight excluding hydrogens is 404 g/mol. The lowest BCUT2D eigenvalue weighted by molar-refractivity contribution is -0.121. The summed E-state index contributed by atoms with van der Waals surface area (Å²) in [5.74, 6) is 1.12. The van der Waals surface area contributed by atoms with Gasteiger partial charge in [-0.2, -0.15) is 0 Å². The molecule has 1 atom stereocenters. The Morgan fingerprint density at radius 3 is 2.97 bits per heavy atom. The average molecular weight is 424 g/mol. The highest BCUT2D eigenvalue weighted by atomic mass is 32.1. The minimum atomic E-state index is -0.518. The van der Waals surface area contributed by atoms with E-state index in [4.69, 9.17) is 4.74 Å². The molecule has 4 rings (SSSR count). The minimum absolute atomic E-state index is 0.0734. The molecule has 0 unspecified atom stereocenters. The van der Waals surface area contributed by atoms with Crippen LogP contribution in [0.1, 0.15) is 16.6 Å². The Balaban J connectivity index is 1.54. The standard InChI is InChI=1S/C20H20N6O3S/c1-12-6-7-22-17(8-12)25-16-5-3-4-13(24-16)15-9-23-19(30-15)14-11-29-20(28)26(14)10-18(27)21-2/h3-9,14H,10-11H2,1-2H3,(H,21,27)(H,22,24,25)/t14-/m0/s1. The van der Waals surface area contributed by atoms with E-state index in [1.165, 1.54) is 23.3 Å². The largest absolute Gasteiger partial charge is 0.447 e. The lowest BCUT2D eigenvalue weighted by atomic mass is 10.3. The van der Waals surface area contributed by atoms with Crippen LogP contribution in [0.4, 0.5) is 16.4 Å².